The second-order valence-electron chi connectivity index (χ2n) is 3.64. The van der Waals surface area contributed by atoms with Crippen LogP contribution in [0.2, 0.25) is 0 Å². The number of carbonyl (C=O) groups excluding carboxylic acids is 1. The summed E-state index contributed by atoms with van der Waals surface area (Å²) in [5.41, 5.74) is 3.29. The van der Waals surface area contributed by atoms with Crippen LogP contribution in [0.3, 0.4) is 0 Å². The highest BCUT2D eigenvalue weighted by Crippen LogP contribution is 2.03. The van der Waals surface area contributed by atoms with Crippen molar-refractivity contribution in [3.8, 4) is 0 Å². The lowest BCUT2D eigenvalue weighted by Gasteiger charge is -2.12. The van der Waals surface area contributed by atoms with Crippen molar-refractivity contribution in [2.75, 3.05) is 6.61 Å². The molecule has 0 saturated carbocycles. The van der Waals surface area contributed by atoms with Gasteiger partial charge in [0.1, 0.15) is 0 Å². The third-order valence-electron chi connectivity index (χ3n) is 2.30. The number of rotatable bonds is 7. The van der Waals surface area contributed by atoms with E-state index in [4.69, 9.17) is 9.94 Å². The highest BCUT2D eigenvalue weighted by molar-refractivity contribution is 5.77. The summed E-state index contributed by atoms with van der Waals surface area (Å²) in [7, 11) is 0. The molecular formula is C13H17NO3. The molecule has 0 heterocycles. The Morgan fingerprint density at radius 1 is 1.47 bits per heavy atom. The number of nitrogens with one attached hydrogen (secondary N) is 1. The van der Waals surface area contributed by atoms with Gasteiger partial charge in [0.25, 0.3) is 0 Å². The van der Waals surface area contributed by atoms with Crippen LogP contribution < -0.4 is 5.48 Å². The normalized spacial score (nSPS) is 11.8. The third-order valence-corrected chi connectivity index (χ3v) is 2.30. The molecule has 4 nitrogen and oxygen atoms in total. The fraction of sp³-hybridized carbons (Fsp3) is 0.308. The van der Waals surface area contributed by atoms with E-state index in [1.807, 2.05) is 30.3 Å². The van der Waals surface area contributed by atoms with Crippen molar-refractivity contribution in [1.29, 1.82) is 0 Å². The Bertz CT molecular complexity index is 351. The minimum atomic E-state index is -0.497. The van der Waals surface area contributed by atoms with Gasteiger partial charge in [-0.3, -0.25) is 9.63 Å². The number of hydroxylamine groups is 1. The average molecular weight is 235 g/mol. The maximum atomic E-state index is 11.5. The molecule has 1 rings (SSSR count). The lowest BCUT2D eigenvalue weighted by Crippen LogP contribution is -2.32. The second-order valence-corrected chi connectivity index (χ2v) is 3.64. The molecule has 0 fully saturated rings. The Morgan fingerprint density at radius 3 is 2.76 bits per heavy atom. The summed E-state index contributed by atoms with van der Waals surface area (Å²) < 4.78 is 0. The fourth-order valence-corrected chi connectivity index (χ4v) is 1.31. The average Bonchev–Trinajstić information content (AvgIpc) is 2.37. The van der Waals surface area contributed by atoms with Gasteiger partial charge in [0.05, 0.1) is 19.1 Å². The van der Waals surface area contributed by atoms with E-state index in [-0.39, 0.29) is 12.5 Å². The molecule has 0 aromatic heterocycles. The van der Waals surface area contributed by atoms with E-state index in [0.717, 1.165) is 5.56 Å². The van der Waals surface area contributed by atoms with Crippen LogP contribution in [-0.2, 0) is 16.2 Å². The number of hydrogen-bond acceptors (Lipinski definition) is 3. The summed E-state index contributed by atoms with van der Waals surface area (Å²) >= 11 is 0. The highest BCUT2D eigenvalue weighted by atomic mass is 16.6. The summed E-state index contributed by atoms with van der Waals surface area (Å²) in [6.45, 7) is 3.62. The quantitative estimate of drug-likeness (QED) is 0.555. The largest absolute Gasteiger partial charge is 0.396 e. The van der Waals surface area contributed by atoms with Crippen LogP contribution in [-0.4, -0.2) is 17.6 Å². The molecule has 1 aromatic carbocycles. The number of benzene rings is 1. The maximum Gasteiger partial charge on any atom is 0.249 e. The molecule has 0 aliphatic rings. The van der Waals surface area contributed by atoms with E-state index in [0.29, 0.717) is 13.0 Å². The van der Waals surface area contributed by atoms with Crippen molar-refractivity contribution >= 4 is 5.91 Å². The van der Waals surface area contributed by atoms with Gasteiger partial charge in [0, 0.05) is 0 Å². The molecule has 1 atom stereocenters. The summed E-state index contributed by atoms with van der Waals surface area (Å²) in [4.78, 5) is 16.6. The summed E-state index contributed by atoms with van der Waals surface area (Å²) in [6.07, 6.45) is 2.02. The van der Waals surface area contributed by atoms with Crippen molar-refractivity contribution < 1.29 is 14.7 Å². The zero-order valence-electron chi connectivity index (χ0n) is 9.63. The van der Waals surface area contributed by atoms with Crippen LogP contribution >= 0.6 is 0 Å². The van der Waals surface area contributed by atoms with Crippen molar-refractivity contribution in [3.63, 3.8) is 0 Å². The first-order valence-corrected chi connectivity index (χ1v) is 5.45. The van der Waals surface area contributed by atoms with Crippen molar-refractivity contribution in [2.24, 2.45) is 5.92 Å². The van der Waals surface area contributed by atoms with Gasteiger partial charge in [0.15, 0.2) is 0 Å². The summed E-state index contributed by atoms with van der Waals surface area (Å²) in [5.74, 6) is -0.827. The lowest BCUT2D eigenvalue weighted by atomic mass is 10.1. The monoisotopic (exact) mass is 235 g/mol. The number of aliphatic hydroxyl groups excluding tert-OH is 1. The van der Waals surface area contributed by atoms with E-state index in [2.05, 4.69) is 12.1 Å². The Morgan fingerprint density at radius 2 is 2.18 bits per heavy atom. The second kappa shape index (κ2) is 7.60. The topological polar surface area (TPSA) is 58.6 Å². The number of allylic oxidation sites excluding steroid dienone is 1. The molecule has 0 bridgehead atoms. The Hall–Kier alpha value is -1.65. The third kappa shape index (κ3) is 4.80. The van der Waals surface area contributed by atoms with E-state index >= 15 is 0 Å². The molecule has 4 heteroatoms. The molecule has 1 unspecified atom stereocenters. The van der Waals surface area contributed by atoms with Crippen LogP contribution in [0.1, 0.15) is 12.0 Å². The van der Waals surface area contributed by atoms with Crippen molar-refractivity contribution in [3.05, 3.63) is 48.6 Å². The molecule has 0 aliphatic carbocycles. The van der Waals surface area contributed by atoms with Crippen LogP contribution in [0.4, 0.5) is 0 Å². The molecule has 92 valence electrons. The molecule has 0 spiro atoms. The SMILES string of the molecule is C=CCC(CO)C(=O)NOCc1ccccc1. The minimum absolute atomic E-state index is 0.216. The number of hydrogen-bond donors (Lipinski definition) is 2. The van der Waals surface area contributed by atoms with Gasteiger partial charge < -0.3 is 5.11 Å². The van der Waals surface area contributed by atoms with Crippen molar-refractivity contribution in [2.45, 2.75) is 13.0 Å². The van der Waals surface area contributed by atoms with E-state index in [1.54, 1.807) is 6.08 Å². The van der Waals surface area contributed by atoms with Crippen LogP contribution in [0, 0.1) is 5.92 Å². The fourth-order valence-electron chi connectivity index (χ4n) is 1.31. The standard InChI is InChI=1S/C13H17NO3/c1-2-6-12(9-15)13(16)14-17-10-11-7-4-3-5-8-11/h2-5,7-8,12,15H,1,6,9-10H2,(H,14,16). The Kier molecular flexibility index (Phi) is 5.99. The predicted octanol–water partition coefficient (Wildman–Crippen LogP) is 1.42. The van der Waals surface area contributed by atoms with Crippen molar-refractivity contribution in [1.82, 2.24) is 5.48 Å². The van der Waals surface area contributed by atoms with Gasteiger partial charge in [0.2, 0.25) is 5.91 Å². The molecule has 2 N–H and O–H groups in total. The first-order chi connectivity index (χ1) is 8.27. The lowest BCUT2D eigenvalue weighted by molar-refractivity contribution is -0.140. The summed E-state index contributed by atoms with van der Waals surface area (Å²) in [5, 5.41) is 8.98. The molecule has 1 aromatic rings. The summed E-state index contributed by atoms with van der Waals surface area (Å²) in [6, 6.07) is 9.51. The maximum absolute atomic E-state index is 11.5. The molecule has 0 radical (unpaired) electrons. The Balaban J connectivity index is 2.30. The smallest absolute Gasteiger partial charge is 0.249 e. The number of carbonyl (C=O) groups is 1. The molecular weight excluding hydrogens is 218 g/mol. The van der Waals surface area contributed by atoms with Gasteiger partial charge in [-0.15, -0.1) is 6.58 Å². The van der Waals surface area contributed by atoms with Gasteiger partial charge in [-0.1, -0.05) is 36.4 Å². The zero-order chi connectivity index (χ0) is 12.5. The number of amides is 1. The molecule has 1 amide bonds. The van der Waals surface area contributed by atoms with Gasteiger partial charge in [-0.2, -0.15) is 0 Å². The predicted molar refractivity (Wildman–Crippen MR) is 64.8 cm³/mol. The molecule has 17 heavy (non-hydrogen) atoms. The molecule has 0 aliphatic heterocycles. The van der Waals surface area contributed by atoms with Crippen LogP contribution in [0.15, 0.2) is 43.0 Å². The minimum Gasteiger partial charge on any atom is -0.396 e. The zero-order valence-corrected chi connectivity index (χ0v) is 9.63. The number of aliphatic hydroxyl groups is 1. The van der Waals surface area contributed by atoms with Crippen LogP contribution in [0.25, 0.3) is 0 Å². The van der Waals surface area contributed by atoms with Crippen LogP contribution in [0.5, 0.6) is 0 Å². The van der Waals surface area contributed by atoms with E-state index in [9.17, 15) is 4.79 Å². The van der Waals surface area contributed by atoms with Gasteiger partial charge in [-0.25, -0.2) is 5.48 Å². The van der Waals surface area contributed by atoms with Gasteiger partial charge in [-0.05, 0) is 12.0 Å². The highest BCUT2D eigenvalue weighted by Gasteiger charge is 2.15. The first kappa shape index (κ1) is 13.4. The first-order valence-electron chi connectivity index (χ1n) is 5.45. The molecule has 0 saturated heterocycles. The van der Waals surface area contributed by atoms with E-state index in [1.165, 1.54) is 0 Å². The van der Waals surface area contributed by atoms with E-state index < -0.39 is 5.92 Å². The Labute approximate surface area is 101 Å². The van der Waals surface area contributed by atoms with Gasteiger partial charge >= 0.3 is 0 Å².